The molecule has 0 radical (unpaired) electrons. The van der Waals surface area contributed by atoms with Gasteiger partial charge in [-0.2, -0.15) is 0 Å². The minimum atomic E-state index is -2.96. The van der Waals surface area contributed by atoms with Crippen molar-refractivity contribution in [3.8, 4) is 11.5 Å². The summed E-state index contributed by atoms with van der Waals surface area (Å²) in [4.78, 5) is 25.3. The number of carboxylic acids is 1. The van der Waals surface area contributed by atoms with Gasteiger partial charge in [-0.25, -0.2) is 18.4 Å². The zero-order valence-corrected chi connectivity index (χ0v) is 20.7. The summed E-state index contributed by atoms with van der Waals surface area (Å²) in [5.41, 5.74) is 1.69. The largest absolute Gasteiger partial charge is 0.492 e. The number of benzene rings is 2. The molecule has 8 nitrogen and oxygen atoms in total. The van der Waals surface area contributed by atoms with Crippen LogP contribution in [0.5, 0.6) is 11.5 Å². The molecule has 0 aliphatic heterocycles. The van der Waals surface area contributed by atoms with Gasteiger partial charge in [-0.05, 0) is 49.2 Å². The smallest absolute Gasteiger partial charge is 0.415 e. The minimum Gasteiger partial charge on any atom is -0.492 e. The van der Waals surface area contributed by atoms with E-state index in [4.69, 9.17) is 18.9 Å². The third kappa shape index (κ3) is 11.0. The van der Waals surface area contributed by atoms with Crippen LogP contribution in [0.15, 0.2) is 48.5 Å². The number of carbonyl (C=O) groups is 2. The molecule has 2 aromatic rings. The summed E-state index contributed by atoms with van der Waals surface area (Å²) in [6, 6.07) is 13.9. The molecule has 0 spiro atoms. The average molecular weight is 510 g/mol. The van der Waals surface area contributed by atoms with E-state index in [1.807, 2.05) is 13.0 Å². The van der Waals surface area contributed by atoms with E-state index < -0.39 is 30.7 Å². The maximum absolute atomic E-state index is 13.0. The number of amides is 1. The van der Waals surface area contributed by atoms with Crippen molar-refractivity contribution in [3.05, 3.63) is 59.7 Å². The van der Waals surface area contributed by atoms with Gasteiger partial charge in [0.05, 0.1) is 13.2 Å². The lowest BCUT2D eigenvalue weighted by Gasteiger charge is -2.22. The monoisotopic (exact) mass is 509 g/mol. The molecule has 10 heteroatoms. The third-order valence-corrected chi connectivity index (χ3v) is 4.93. The van der Waals surface area contributed by atoms with Crippen molar-refractivity contribution in [3.63, 3.8) is 0 Å². The first-order valence-electron chi connectivity index (χ1n) is 11.6. The van der Waals surface area contributed by atoms with Crippen LogP contribution in [0.1, 0.15) is 25.0 Å². The van der Waals surface area contributed by atoms with E-state index >= 15 is 0 Å². The molecule has 0 aliphatic carbocycles. The van der Waals surface area contributed by atoms with E-state index in [2.05, 4.69) is 0 Å². The van der Waals surface area contributed by atoms with Gasteiger partial charge in [0.2, 0.25) is 0 Å². The third-order valence-electron chi connectivity index (χ3n) is 4.93. The van der Waals surface area contributed by atoms with Gasteiger partial charge in [0, 0.05) is 26.5 Å². The number of carboxylic acid groups (broad SMARTS) is 1. The van der Waals surface area contributed by atoms with Gasteiger partial charge in [-0.15, -0.1) is 0 Å². The predicted octanol–water partition coefficient (Wildman–Crippen LogP) is 4.58. The Morgan fingerprint density at radius 1 is 1.06 bits per heavy atom. The van der Waals surface area contributed by atoms with Crippen molar-refractivity contribution in [2.75, 3.05) is 39.5 Å². The molecule has 0 heterocycles. The van der Waals surface area contributed by atoms with E-state index in [-0.39, 0.29) is 32.7 Å². The first-order valence-corrected chi connectivity index (χ1v) is 11.6. The predicted molar refractivity (Wildman–Crippen MR) is 129 cm³/mol. The molecule has 1 atom stereocenters. The highest BCUT2D eigenvalue weighted by molar-refractivity contribution is 5.72. The molecule has 0 fully saturated rings. The number of rotatable bonds is 15. The summed E-state index contributed by atoms with van der Waals surface area (Å²) in [7, 11) is 0. The van der Waals surface area contributed by atoms with Crippen molar-refractivity contribution in [1.29, 1.82) is 0 Å². The topological polar surface area (TPSA) is 94.5 Å². The fourth-order valence-corrected chi connectivity index (χ4v) is 3.19. The van der Waals surface area contributed by atoms with Gasteiger partial charge >= 0.3 is 12.1 Å². The molecule has 0 aliphatic rings. The van der Waals surface area contributed by atoms with Gasteiger partial charge in [0.15, 0.2) is 6.10 Å². The molecule has 2 aromatic carbocycles. The highest BCUT2D eigenvalue weighted by Gasteiger charge is 2.22. The molecule has 0 bridgehead atoms. The lowest BCUT2D eigenvalue weighted by molar-refractivity contribution is -0.149. The van der Waals surface area contributed by atoms with Gasteiger partial charge in [-0.1, -0.05) is 24.3 Å². The zero-order chi connectivity index (χ0) is 26.6. The Hall–Kier alpha value is -3.24. The fraction of sp³-hybridized carbons (Fsp3) is 0.462. The molecule has 198 valence electrons. The summed E-state index contributed by atoms with van der Waals surface area (Å²) in [6.45, 7) is 4.10. The van der Waals surface area contributed by atoms with Gasteiger partial charge in [0.1, 0.15) is 24.7 Å². The Balaban J connectivity index is 1.92. The first kappa shape index (κ1) is 29.0. The molecule has 1 amide bonds. The Bertz CT molecular complexity index is 964. The average Bonchev–Trinajstić information content (AvgIpc) is 2.80. The number of halogens is 2. The zero-order valence-electron chi connectivity index (χ0n) is 20.7. The summed E-state index contributed by atoms with van der Waals surface area (Å²) in [5.74, 6) is -3.10. The van der Waals surface area contributed by atoms with Crippen LogP contribution in [0.2, 0.25) is 0 Å². The van der Waals surface area contributed by atoms with Crippen molar-refractivity contribution in [1.82, 2.24) is 4.90 Å². The molecule has 36 heavy (non-hydrogen) atoms. The Labute approximate surface area is 209 Å². The van der Waals surface area contributed by atoms with Crippen LogP contribution in [0.3, 0.4) is 0 Å². The second-order valence-electron chi connectivity index (χ2n) is 8.27. The second kappa shape index (κ2) is 14.4. The highest BCUT2D eigenvalue weighted by Crippen LogP contribution is 2.16. The Kier molecular flexibility index (Phi) is 11.6. The number of hydrogen-bond acceptors (Lipinski definition) is 6. The standard InChI is InChI=1S/C26H33F2NO7/c1-4-34-23(24(30)31)17-20-8-10-21(11-9-20)35-15-13-29(12-14-33-18-26(3,27)28)25(32)36-22-7-5-6-19(2)16-22/h5-11,16,23H,4,12-15,17-18H2,1-3H3,(H,30,31). The van der Waals surface area contributed by atoms with Crippen molar-refractivity contribution < 1.29 is 42.4 Å². The fourth-order valence-electron chi connectivity index (χ4n) is 3.19. The number of hydrogen-bond donors (Lipinski definition) is 1. The lowest BCUT2D eigenvalue weighted by atomic mass is 10.1. The SMILES string of the molecule is CCOC(Cc1ccc(OCCN(CCOCC(C)(F)F)C(=O)Oc2cccc(C)c2)cc1)C(=O)O. The van der Waals surface area contributed by atoms with Crippen LogP contribution < -0.4 is 9.47 Å². The molecule has 1 unspecified atom stereocenters. The first-order chi connectivity index (χ1) is 17.1. The molecule has 1 N–H and O–H groups in total. The van der Waals surface area contributed by atoms with E-state index in [9.17, 15) is 23.5 Å². The number of ether oxygens (including phenoxy) is 4. The molecule has 2 rings (SSSR count). The summed E-state index contributed by atoms with van der Waals surface area (Å²) >= 11 is 0. The quantitative estimate of drug-likeness (QED) is 0.351. The minimum absolute atomic E-state index is 0.0387. The summed E-state index contributed by atoms with van der Waals surface area (Å²) in [6.07, 6.45) is -1.36. The second-order valence-corrected chi connectivity index (χ2v) is 8.27. The van der Waals surface area contributed by atoms with Crippen molar-refractivity contribution in [2.45, 2.75) is 39.2 Å². The number of nitrogens with zero attached hydrogens (tertiary/aromatic N) is 1. The maximum atomic E-state index is 13.0. The summed E-state index contributed by atoms with van der Waals surface area (Å²) in [5, 5.41) is 9.22. The highest BCUT2D eigenvalue weighted by atomic mass is 19.3. The van der Waals surface area contributed by atoms with E-state index in [0.717, 1.165) is 18.1 Å². The molecular formula is C26H33F2NO7. The van der Waals surface area contributed by atoms with Crippen LogP contribution in [0, 0.1) is 6.92 Å². The van der Waals surface area contributed by atoms with Crippen LogP contribution >= 0.6 is 0 Å². The molecule has 0 saturated carbocycles. The normalized spacial score (nSPS) is 12.1. The van der Waals surface area contributed by atoms with Crippen LogP contribution in [-0.4, -0.2) is 73.6 Å². The van der Waals surface area contributed by atoms with Gasteiger partial charge in [-0.3, -0.25) is 0 Å². The molecule has 0 aromatic heterocycles. The van der Waals surface area contributed by atoms with Crippen molar-refractivity contribution in [2.24, 2.45) is 0 Å². The van der Waals surface area contributed by atoms with Crippen molar-refractivity contribution >= 4 is 12.1 Å². The van der Waals surface area contributed by atoms with Crippen LogP contribution in [-0.2, 0) is 20.7 Å². The maximum Gasteiger partial charge on any atom is 0.415 e. The van der Waals surface area contributed by atoms with E-state index in [1.165, 1.54) is 4.90 Å². The van der Waals surface area contributed by atoms with E-state index in [0.29, 0.717) is 18.1 Å². The molecular weight excluding hydrogens is 476 g/mol. The van der Waals surface area contributed by atoms with Crippen LogP contribution in [0.25, 0.3) is 0 Å². The molecule has 0 saturated heterocycles. The van der Waals surface area contributed by atoms with E-state index in [1.54, 1.807) is 49.4 Å². The van der Waals surface area contributed by atoms with Gasteiger partial charge < -0.3 is 29.0 Å². The van der Waals surface area contributed by atoms with Gasteiger partial charge in [0.25, 0.3) is 5.92 Å². The number of alkyl halides is 2. The van der Waals surface area contributed by atoms with Crippen LogP contribution in [0.4, 0.5) is 13.6 Å². The Morgan fingerprint density at radius 3 is 2.36 bits per heavy atom. The Morgan fingerprint density at radius 2 is 1.75 bits per heavy atom. The number of aliphatic carboxylic acids is 1. The lowest BCUT2D eigenvalue weighted by Crippen LogP contribution is -2.39. The number of aryl methyl sites for hydroxylation is 1. The number of carbonyl (C=O) groups excluding carboxylic acids is 1. The summed E-state index contributed by atoms with van der Waals surface area (Å²) < 4.78 is 47.4.